The molecule has 9 N–H and O–H groups in total. The van der Waals surface area contributed by atoms with E-state index in [4.69, 9.17) is 22.1 Å². The number of thiazole rings is 1. The van der Waals surface area contributed by atoms with E-state index in [-0.39, 0.29) is 86.9 Å². The second-order valence-corrected chi connectivity index (χ2v) is 29.4. The summed E-state index contributed by atoms with van der Waals surface area (Å²) in [7, 11) is -5.10. The number of nitrogens with zero attached hydrogens (tertiary/aromatic N) is 10. The second kappa shape index (κ2) is 29.2. The molecular weight excluding hydrogens is 1310 g/mol. The van der Waals surface area contributed by atoms with Gasteiger partial charge in [0.25, 0.3) is 11.4 Å². The number of aliphatic hydroxyl groups is 1. The van der Waals surface area contributed by atoms with E-state index in [1.807, 2.05) is 70.4 Å². The van der Waals surface area contributed by atoms with Crippen molar-refractivity contribution in [3.05, 3.63) is 129 Å². The first-order valence-corrected chi connectivity index (χ1v) is 35.2. The van der Waals surface area contributed by atoms with Gasteiger partial charge in [-0.25, -0.2) is 14.3 Å². The molecule has 0 bridgehead atoms. The molecule has 8 atom stereocenters. The van der Waals surface area contributed by atoms with Crippen molar-refractivity contribution in [1.29, 1.82) is 0 Å². The summed E-state index contributed by atoms with van der Waals surface area (Å²) in [6.07, 6.45) is 7.36. The van der Waals surface area contributed by atoms with Crippen molar-refractivity contribution in [3.63, 3.8) is 0 Å². The van der Waals surface area contributed by atoms with Gasteiger partial charge in [0.1, 0.15) is 42.2 Å². The SMILES string of the molecule is CC(=O)N1CC[C@H]2CC[C@@H](C(=O)N[C@@H](CCC(N)=O)COc3cccc(CCCc4cn(C[C@H](NC(=O)[C@@H]5C[C@@H](O)CN5C(=O)[C@@H](n5cc(C6CC6)nn5)C(C)(C)C)c5ccc(-c6scnc6C)cc5)nn4)c3Cl)N2C(=O)[C@@H](NC(=O)c2cc3cc(C(=O)P(=O)(O)O)ccc3[nH]2)C1. The number of β-amino-alcohol motifs (C(OH)–C–C–N with tert-alkyl or cyclic N) is 1. The van der Waals surface area contributed by atoms with Gasteiger partial charge in [0.2, 0.25) is 35.4 Å². The largest absolute Gasteiger partial charge is 0.490 e. The van der Waals surface area contributed by atoms with Crippen molar-refractivity contribution in [2.45, 2.75) is 166 Å². The zero-order valence-corrected chi connectivity index (χ0v) is 56.8. The number of primary amides is 1. The molecule has 514 valence electrons. The zero-order chi connectivity index (χ0) is 69.2. The third-order valence-electron chi connectivity index (χ3n) is 18.4. The molecule has 4 aromatic heterocycles. The molecule has 4 aliphatic rings. The number of likely N-dealkylation sites (tertiary alicyclic amines) is 1. The van der Waals surface area contributed by atoms with E-state index in [0.717, 1.165) is 45.8 Å². The van der Waals surface area contributed by atoms with Crippen LogP contribution in [0.3, 0.4) is 0 Å². The minimum atomic E-state index is -5.10. The molecule has 7 heterocycles. The van der Waals surface area contributed by atoms with Crippen LogP contribution < -0.4 is 26.4 Å². The van der Waals surface area contributed by atoms with E-state index in [1.165, 1.54) is 57.2 Å². The van der Waals surface area contributed by atoms with Gasteiger partial charge in [-0.05, 0) is 117 Å². The Morgan fingerprint density at radius 2 is 1.67 bits per heavy atom. The molecule has 11 rings (SSSR count). The summed E-state index contributed by atoms with van der Waals surface area (Å²) in [4.78, 5) is 141. The van der Waals surface area contributed by atoms with Crippen LogP contribution in [0.15, 0.2) is 84.6 Å². The van der Waals surface area contributed by atoms with E-state index in [9.17, 15) is 57.8 Å². The summed E-state index contributed by atoms with van der Waals surface area (Å²) in [6, 6.07) is 12.4. The van der Waals surface area contributed by atoms with Crippen LogP contribution in [-0.4, -0.2) is 179 Å². The second-order valence-electron chi connectivity index (χ2n) is 26.7. The van der Waals surface area contributed by atoms with Crippen LogP contribution in [-0.2, 0) is 52.7 Å². The van der Waals surface area contributed by atoms with Gasteiger partial charge < -0.3 is 61.0 Å². The van der Waals surface area contributed by atoms with Gasteiger partial charge in [-0.3, -0.25) is 42.9 Å². The molecule has 3 saturated heterocycles. The minimum Gasteiger partial charge on any atom is -0.490 e. The van der Waals surface area contributed by atoms with Gasteiger partial charge in [0, 0.05) is 80.2 Å². The molecule has 7 amide bonds. The lowest BCUT2D eigenvalue weighted by Crippen LogP contribution is -2.61. The zero-order valence-electron chi connectivity index (χ0n) is 54.3. The van der Waals surface area contributed by atoms with Crippen molar-refractivity contribution in [3.8, 4) is 16.2 Å². The van der Waals surface area contributed by atoms with E-state index < -0.39 is 96.5 Å². The Labute approximate surface area is 567 Å². The van der Waals surface area contributed by atoms with Gasteiger partial charge in [-0.1, -0.05) is 79.2 Å². The number of halogens is 1. The molecule has 3 aromatic carbocycles. The molecule has 7 aromatic rings. The van der Waals surface area contributed by atoms with Crippen LogP contribution in [0.2, 0.25) is 5.02 Å². The van der Waals surface area contributed by atoms with E-state index in [2.05, 4.69) is 46.5 Å². The lowest BCUT2D eigenvalue weighted by Gasteiger charge is -2.38. The van der Waals surface area contributed by atoms with Gasteiger partial charge in [0.05, 0.1) is 57.2 Å². The van der Waals surface area contributed by atoms with Crippen molar-refractivity contribution < 1.29 is 62.6 Å². The van der Waals surface area contributed by atoms with E-state index >= 15 is 0 Å². The van der Waals surface area contributed by atoms with Crippen LogP contribution in [0.4, 0.5) is 0 Å². The number of rotatable bonds is 25. The Kier molecular flexibility index (Phi) is 20.9. The number of hydrogen-bond donors (Lipinski definition) is 8. The predicted octanol–water partition coefficient (Wildman–Crippen LogP) is 5.45. The summed E-state index contributed by atoms with van der Waals surface area (Å²) in [5, 5.41) is 38.3. The van der Waals surface area contributed by atoms with Gasteiger partial charge >= 0.3 is 7.60 Å². The fraction of sp³-hybridized carbons (Fsp3) is 0.470. The normalized spacial score (nSPS) is 20.0. The monoisotopic (exact) mass is 1390 g/mol. The first-order valence-electron chi connectivity index (χ1n) is 32.4. The van der Waals surface area contributed by atoms with Crippen molar-refractivity contribution in [2.24, 2.45) is 11.1 Å². The quantitative estimate of drug-likeness (QED) is 0.0330. The number of aromatic nitrogens is 8. The lowest BCUT2D eigenvalue weighted by atomic mass is 9.85. The number of nitrogens with two attached hydrogens (primary N) is 1. The van der Waals surface area contributed by atoms with Crippen LogP contribution in [0, 0.1) is 12.3 Å². The van der Waals surface area contributed by atoms with Crippen LogP contribution in [0.5, 0.6) is 5.75 Å². The van der Waals surface area contributed by atoms with Gasteiger partial charge in [-0.2, -0.15) is 0 Å². The number of ether oxygens (including phenoxy) is 1. The summed E-state index contributed by atoms with van der Waals surface area (Å²) in [5.74, 6) is -2.97. The number of aryl methyl sites for hydroxylation is 3. The van der Waals surface area contributed by atoms with Crippen molar-refractivity contribution in [1.82, 2.24) is 70.6 Å². The highest BCUT2D eigenvalue weighted by Crippen LogP contribution is 2.42. The number of hydrogen-bond acceptors (Lipinski definition) is 17. The third kappa shape index (κ3) is 16.3. The maximum atomic E-state index is 14.7. The molecule has 1 aliphatic carbocycles. The molecule has 0 unspecified atom stereocenters. The predicted molar refractivity (Wildman–Crippen MR) is 356 cm³/mol. The highest BCUT2D eigenvalue weighted by atomic mass is 35.5. The van der Waals surface area contributed by atoms with Crippen LogP contribution in [0.25, 0.3) is 21.3 Å². The number of carbonyl (C=O) groups excluding carboxylic acids is 8. The number of aliphatic hydroxyl groups excluding tert-OH is 1. The Balaban J connectivity index is 0.729. The molecule has 0 radical (unpaired) electrons. The van der Waals surface area contributed by atoms with Crippen molar-refractivity contribution >= 4 is 88.3 Å². The number of amides is 7. The summed E-state index contributed by atoms with van der Waals surface area (Å²) >= 11 is 8.56. The Morgan fingerprint density at radius 1 is 0.907 bits per heavy atom. The molecule has 31 heteroatoms. The molecule has 4 fully saturated rings. The van der Waals surface area contributed by atoms with Crippen LogP contribution in [0.1, 0.15) is 153 Å². The standard InChI is InChI=1S/C66H79ClN15O13PS/c1-36-58(97-35-69-36)41-16-14-38(15-17-41)50(72-62(88)54-28-47(84)30-80(54)64(90)59(66(3,4)5)81-33-51(75-77-81)39-12-13-39)32-79-29-44(74-76-79)10-6-8-40-9-7-11-55(57(40)67)95-34-45(19-23-56(68)85)70-61(87)53-22-20-46-24-25-78(37(2)83)31-52(63(89)82(46)53)73-60(86)49-27-43-26-42(18-21-48(43)71-49)65(91)96(92,93)94/h7,9,11,14-18,21,26-27,29,33,35,39,45-47,50,52-54,59,71,84H,6,8,10,12-13,19-20,22-25,28,30-32,34H2,1-5H3,(H2,68,85)(H,70,87)(H,72,88)(H,73,86)(H2,92,93,94)/t45-,46+,47+,50-,52-,53-,54-,59+/m0/s1. The summed E-state index contributed by atoms with van der Waals surface area (Å²) < 4.78 is 21.2. The smallest absolute Gasteiger partial charge is 0.396 e. The number of H-pyrrole nitrogens is 1. The Bertz CT molecular complexity index is 4180. The maximum absolute atomic E-state index is 14.7. The van der Waals surface area contributed by atoms with Gasteiger partial charge in [-0.15, -0.1) is 21.5 Å². The minimum absolute atomic E-state index is 0.0235. The molecule has 97 heavy (non-hydrogen) atoms. The average Bonchev–Trinajstić information content (AvgIpc) is 1.69. The number of nitrogens with one attached hydrogen (secondary N) is 4. The first-order chi connectivity index (χ1) is 46.2. The summed E-state index contributed by atoms with van der Waals surface area (Å²) in [6.45, 7) is 9.16. The Morgan fingerprint density at radius 3 is 2.37 bits per heavy atom. The molecule has 28 nitrogen and oxygen atoms in total. The topological polar surface area (TPSA) is 385 Å². The first kappa shape index (κ1) is 69.6. The number of aromatic amines is 1. The van der Waals surface area contributed by atoms with Crippen LogP contribution >= 0.6 is 30.5 Å². The van der Waals surface area contributed by atoms with E-state index in [0.29, 0.717) is 60.0 Å². The van der Waals surface area contributed by atoms with Gasteiger partial charge in [0.15, 0.2) is 0 Å². The molecular formula is C66H79ClN15O13PS. The highest BCUT2D eigenvalue weighted by molar-refractivity contribution is 7.70. The van der Waals surface area contributed by atoms with E-state index in [1.54, 1.807) is 27.0 Å². The lowest BCUT2D eigenvalue weighted by molar-refractivity contribution is -0.145. The Hall–Kier alpha value is -8.73. The third-order valence-corrected chi connectivity index (χ3v) is 20.6. The fourth-order valence-corrected chi connectivity index (χ4v) is 14.7. The highest BCUT2D eigenvalue weighted by Gasteiger charge is 2.48. The number of carbonyl (C=O) groups is 8. The number of benzene rings is 3. The molecule has 3 aliphatic heterocycles. The average molecular weight is 1390 g/mol. The molecule has 1 saturated carbocycles. The maximum Gasteiger partial charge on any atom is 0.396 e. The number of fused-ring (bicyclic) bond motifs is 2. The van der Waals surface area contributed by atoms with Crippen molar-refractivity contribution in [2.75, 3.05) is 26.2 Å². The summed E-state index contributed by atoms with van der Waals surface area (Å²) in [5.41, 5.74) is 10.4. The fourth-order valence-electron chi connectivity index (χ4n) is 13.1. The molecule has 0 spiro atoms.